The van der Waals surface area contributed by atoms with Crippen molar-refractivity contribution in [1.82, 2.24) is 9.78 Å². The van der Waals surface area contributed by atoms with Gasteiger partial charge in [-0.3, -0.25) is 0 Å². The lowest BCUT2D eigenvalue weighted by molar-refractivity contribution is 0.601. The fourth-order valence-corrected chi connectivity index (χ4v) is 3.30. The maximum atomic E-state index is 11.7. The summed E-state index contributed by atoms with van der Waals surface area (Å²) in [4.78, 5) is 3.42. The molecule has 2 N–H and O–H groups in total. The van der Waals surface area contributed by atoms with Gasteiger partial charge in [0.15, 0.2) is 5.82 Å². The Labute approximate surface area is 129 Å². The largest absolute Gasteiger partial charge is 0.612 e. The van der Waals surface area contributed by atoms with Gasteiger partial charge in [-0.25, -0.2) is 0 Å². The zero-order valence-corrected chi connectivity index (χ0v) is 13.0. The fraction of sp³-hybridized carbons (Fsp3) is 0.167. The summed E-state index contributed by atoms with van der Waals surface area (Å²) in [5.74, 6) is 0.0838. The van der Waals surface area contributed by atoms with Crippen molar-refractivity contribution in [1.29, 1.82) is 0 Å². The third-order valence-electron chi connectivity index (χ3n) is 2.63. The molecule has 1 aromatic heterocycles. The van der Waals surface area contributed by atoms with Crippen LogP contribution in [0.3, 0.4) is 0 Å². The average Bonchev–Trinajstić information content (AvgIpc) is 2.65. The highest BCUT2D eigenvalue weighted by Gasteiger charge is 2.28. The zero-order chi connectivity index (χ0) is 15.0. The van der Waals surface area contributed by atoms with E-state index in [1.807, 2.05) is 6.92 Å². The zero-order valence-electron chi connectivity index (χ0n) is 10.6. The summed E-state index contributed by atoms with van der Waals surface area (Å²) in [6.07, 6.45) is 1.44. The van der Waals surface area contributed by atoms with Crippen LogP contribution in [0.5, 0.6) is 0 Å². The van der Waals surface area contributed by atoms with Crippen molar-refractivity contribution in [2.24, 2.45) is 0 Å². The molecular weight excluding hydrogens is 319 g/mol. The molecule has 1 heterocycles. The highest BCUT2D eigenvalue weighted by Crippen LogP contribution is 2.36. The Bertz CT molecular complexity index is 698. The highest BCUT2D eigenvalue weighted by atomic mass is 35.5. The first kappa shape index (κ1) is 15.0. The lowest BCUT2D eigenvalue weighted by Crippen LogP contribution is -2.06. The summed E-state index contributed by atoms with van der Waals surface area (Å²) in [6, 6.07) is 3.42. The van der Waals surface area contributed by atoms with Gasteiger partial charge in [-0.2, -0.15) is 0 Å². The maximum Gasteiger partial charge on any atom is 0.352 e. The van der Waals surface area contributed by atoms with E-state index < -0.39 is 11.2 Å². The molecule has 0 aliphatic rings. The number of aromatic nitrogens is 2. The fourth-order valence-electron chi connectivity index (χ4n) is 1.82. The summed E-state index contributed by atoms with van der Waals surface area (Å²) < 4.78 is 12.9. The molecule has 0 bridgehead atoms. The second-order valence-electron chi connectivity index (χ2n) is 4.09. The number of anilines is 1. The number of nitrogens with zero attached hydrogens (tertiary/aromatic N) is 3. The van der Waals surface area contributed by atoms with E-state index in [0.717, 1.165) is 5.56 Å². The van der Waals surface area contributed by atoms with E-state index in [2.05, 4.69) is 9.94 Å². The molecule has 20 heavy (non-hydrogen) atoms. The highest BCUT2D eigenvalue weighted by molar-refractivity contribution is 7.91. The van der Waals surface area contributed by atoms with Gasteiger partial charge >= 0.3 is 5.82 Å². The molecule has 0 radical (unpaired) electrons. The van der Waals surface area contributed by atoms with Gasteiger partial charge in [0, 0.05) is 0 Å². The van der Waals surface area contributed by atoms with Crippen molar-refractivity contribution in [2.45, 2.75) is 11.8 Å². The summed E-state index contributed by atoms with van der Waals surface area (Å²) >= 11 is 10.9. The summed E-state index contributed by atoms with van der Waals surface area (Å²) in [7, 11) is 0. The smallest absolute Gasteiger partial charge is 0.352 e. The van der Waals surface area contributed by atoms with Crippen molar-refractivity contribution in [2.75, 3.05) is 12.0 Å². The number of rotatable bonds is 2. The van der Waals surface area contributed by atoms with Gasteiger partial charge in [-0.05, 0) is 40.9 Å². The van der Waals surface area contributed by atoms with E-state index >= 15 is 0 Å². The molecule has 2 aromatic rings. The van der Waals surface area contributed by atoms with Crippen molar-refractivity contribution in [3.8, 4) is 5.69 Å². The van der Waals surface area contributed by atoms with Gasteiger partial charge < -0.3 is 15.1 Å². The van der Waals surface area contributed by atoms with E-state index in [4.69, 9.17) is 35.5 Å². The number of halogens is 2. The second kappa shape index (κ2) is 5.54. The predicted octanol–water partition coefficient (Wildman–Crippen LogP) is 3.36. The number of nitrogen functional groups attached to an aromatic ring is 1. The molecule has 0 saturated heterocycles. The topological polar surface area (TPSA) is 71.3 Å². The first-order valence-electron chi connectivity index (χ1n) is 5.42. The van der Waals surface area contributed by atoms with Crippen LogP contribution in [0.1, 0.15) is 5.56 Å². The van der Waals surface area contributed by atoms with Crippen LogP contribution in [0.2, 0.25) is 10.0 Å². The predicted molar refractivity (Wildman–Crippen MR) is 81.3 cm³/mol. The van der Waals surface area contributed by atoms with Gasteiger partial charge in [0.1, 0.15) is 5.69 Å². The molecule has 1 atom stereocenters. The molecule has 1 unspecified atom stereocenters. The number of nitrogens with two attached hydrogens (primary N) is 1. The first-order valence-corrected chi connectivity index (χ1v) is 7.73. The normalized spacial score (nSPS) is 12.2. The van der Waals surface area contributed by atoms with E-state index in [1.54, 1.807) is 12.1 Å². The standard InChI is InChI=1S/C12H10Cl2N4OS/c1-6-4-7(13)9(8(14)5-6)18-11(15)10(20(3)19)12(16-2)17-18/h4-5H,15H2,1,3H3. The van der Waals surface area contributed by atoms with Crippen LogP contribution in [-0.2, 0) is 11.2 Å². The van der Waals surface area contributed by atoms with E-state index in [1.165, 1.54) is 10.9 Å². The summed E-state index contributed by atoms with van der Waals surface area (Å²) in [5.41, 5.74) is 7.20. The van der Waals surface area contributed by atoms with Crippen LogP contribution in [0.25, 0.3) is 10.5 Å². The van der Waals surface area contributed by atoms with E-state index in [0.29, 0.717) is 15.7 Å². The first-order chi connectivity index (χ1) is 9.36. The molecule has 0 saturated carbocycles. The Balaban J connectivity index is 2.76. The molecule has 5 nitrogen and oxygen atoms in total. The van der Waals surface area contributed by atoms with E-state index in [-0.39, 0.29) is 16.5 Å². The number of aryl methyl sites for hydroxylation is 1. The number of hydrogen-bond acceptors (Lipinski definition) is 3. The van der Waals surface area contributed by atoms with Gasteiger partial charge in [-0.15, -0.1) is 4.68 Å². The van der Waals surface area contributed by atoms with Gasteiger partial charge in [-0.1, -0.05) is 29.8 Å². The van der Waals surface area contributed by atoms with Gasteiger partial charge in [0.2, 0.25) is 4.90 Å². The summed E-state index contributed by atoms with van der Waals surface area (Å²) in [6.45, 7) is 8.94. The van der Waals surface area contributed by atoms with Crippen LogP contribution >= 0.6 is 23.2 Å². The van der Waals surface area contributed by atoms with Crippen LogP contribution < -0.4 is 5.73 Å². The lowest BCUT2D eigenvalue weighted by Gasteiger charge is -2.08. The molecule has 0 spiro atoms. The molecular formula is C12H10Cl2N4OS. The third kappa shape index (κ3) is 2.45. The number of hydrogen-bond donors (Lipinski definition) is 1. The average molecular weight is 329 g/mol. The summed E-state index contributed by atoms with van der Waals surface area (Å²) in [5, 5.41) is 4.76. The van der Waals surface area contributed by atoms with Crippen LogP contribution in [-0.4, -0.2) is 20.6 Å². The van der Waals surface area contributed by atoms with Gasteiger partial charge in [0.05, 0.1) is 16.3 Å². The molecule has 104 valence electrons. The second-order valence-corrected chi connectivity index (χ2v) is 6.22. The van der Waals surface area contributed by atoms with Crippen molar-refractivity contribution >= 4 is 46.0 Å². The van der Waals surface area contributed by atoms with Crippen molar-refractivity contribution < 1.29 is 4.55 Å². The maximum absolute atomic E-state index is 11.7. The molecule has 0 aliphatic carbocycles. The third-order valence-corrected chi connectivity index (χ3v) is 4.17. The monoisotopic (exact) mass is 328 g/mol. The minimum Gasteiger partial charge on any atom is -0.612 e. The molecule has 0 aliphatic heterocycles. The van der Waals surface area contributed by atoms with E-state index in [9.17, 15) is 4.55 Å². The Morgan fingerprint density at radius 1 is 1.40 bits per heavy atom. The van der Waals surface area contributed by atoms with Crippen LogP contribution in [0.4, 0.5) is 11.6 Å². The van der Waals surface area contributed by atoms with Crippen molar-refractivity contribution in [3.63, 3.8) is 0 Å². The Kier molecular flexibility index (Phi) is 4.16. The molecule has 8 heteroatoms. The minimum absolute atomic E-state index is 0.0176. The van der Waals surface area contributed by atoms with Gasteiger partial charge in [0.25, 0.3) is 0 Å². The number of benzene rings is 1. The van der Waals surface area contributed by atoms with Crippen molar-refractivity contribution in [3.05, 3.63) is 39.2 Å². The quantitative estimate of drug-likeness (QED) is 0.678. The minimum atomic E-state index is -1.43. The Hall–Kier alpha value is -1.39. The van der Waals surface area contributed by atoms with Crippen LogP contribution in [0, 0.1) is 13.5 Å². The lowest BCUT2D eigenvalue weighted by atomic mass is 10.2. The SMILES string of the molecule is [C-]#[N+]c1nn(-c2c(Cl)cc(C)cc2Cl)c(N)c1[S+](C)[O-]. The Morgan fingerprint density at radius 3 is 2.35 bits per heavy atom. The molecule has 2 rings (SSSR count). The molecule has 0 amide bonds. The van der Waals surface area contributed by atoms with Crippen LogP contribution in [0.15, 0.2) is 17.0 Å². The molecule has 1 aromatic carbocycles. The Morgan fingerprint density at radius 2 is 1.95 bits per heavy atom. The molecule has 0 fully saturated rings.